The average Bonchev–Trinajstić information content (AvgIpc) is 3.60. The molecule has 2 saturated heterocycles. The highest BCUT2D eigenvalue weighted by atomic mass is 32.2. The fourth-order valence-electron chi connectivity index (χ4n) is 11.3. The summed E-state index contributed by atoms with van der Waals surface area (Å²) in [5.74, 6) is -14.1. The number of benzene rings is 1. The van der Waals surface area contributed by atoms with Crippen molar-refractivity contribution in [3.63, 3.8) is 0 Å². The molecule has 0 radical (unpaired) electrons. The van der Waals surface area contributed by atoms with Crippen molar-refractivity contribution in [2.24, 2.45) is 47.0 Å². The fourth-order valence-corrected chi connectivity index (χ4v) is 15.9. The van der Waals surface area contributed by atoms with Crippen molar-refractivity contribution in [1.82, 2.24) is 24.4 Å². The molecule has 15 nitrogen and oxygen atoms in total. The summed E-state index contributed by atoms with van der Waals surface area (Å²) in [5, 5.41) is 18.6. The zero-order chi connectivity index (χ0) is 51.2. The number of hydrogen-bond donors (Lipinski definition) is 4. The number of nitrogens with one attached hydrogen (secondary N) is 2. The lowest BCUT2D eigenvalue weighted by atomic mass is 9.61. The maximum Gasteiger partial charge on any atom is 0.252 e. The van der Waals surface area contributed by atoms with Gasteiger partial charge in [-0.3, -0.25) is 19.6 Å². The van der Waals surface area contributed by atoms with Gasteiger partial charge in [0.05, 0.1) is 23.0 Å². The van der Waals surface area contributed by atoms with Crippen molar-refractivity contribution in [3.05, 3.63) is 114 Å². The number of hydrogen-bond acceptors (Lipinski definition) is 11. The molecule has 0 spiro atoms. The third-order valence-electron chi connectivity index (χ3n) is 14.5. The van der Waals surface area contributed by atoms with E-state index in [-0.39, 0.29) is 5.69 Å². The normalized spacial score (nSPS) is 31.1. The first-order valence-electron chi connectivity index (χ1n) is 22.3. The maximum atomic E-state index is 15.2. The van der Waals surface area contributed by atoms with Gasteiger partial charge >= 0.3 is 0 Å². The first kappa shape index (κ1) is 51.5. The summed E-state index contributed by atoms with van der Waals surface area (Å²) in [6.45, 7) is 6.04. The molecule has 2 aliphatic heterocycles. The Kier molecular flexibility index (Phi) is 14.0. The Morgan fingerprint density at radius 1 is 0.671 bits per heavy atom. The van der Waals surface area contributed by atoms with Crippen LogP contribution in [-0.2, 0) is 29.6 Å². The van der Waals surface area contributed by atoms with E-state index in [0.717, 1.165) is 11.1 Å². The van der Waals surface area contributed by atoms with Crippen molar-refractivity contribution >= 4 is 44.0 Å². The standard InChI is InChI=1S/C25H26F2N4O3S.C24H25F2N5O3S/c1-15-20(10-9-19-8-7-18(13-30-19)21-6-4-3-5-17(21)12-28)23-16(2)31-35(33,34)24(23,11-22(29)32)14-25(15,26)27;1-14-18(8-7-17-6-5-16(12-30-17)19-4-3-9-29-20(19)11-27)22-15(2)31-35(33,34)23(22,10-21(28)32)13-24(14,25)26/h3-10,13,15-16,20,23,31H,11,14H2,1-2H3,(H2,29,32);3-9,12,14-15,18,22,31H,10,13H2,1-2H3,(H2,28,32)/b10-9+;8-7+/t15-,16+,20-,23-,24+;14-,15+,18-,22-,23+/m00/s1. The number of amides is 2. The van der Waals surface area contributed by atoms with Crippen LogP contribution in [0.1, 0.15) is 76.0 Å². The molecule has 8 rings (SSSR count). The van der Waals surface area contributed by atoms with Gasteiger partial charge in [0, 0.05) is 102 Å². The molecule has 3 aromatic heterocycles. The van der Waals surface area contributed by atoms with Crippen LogP contribution in [0.4, 0.5) is 17.6 Å². The number of nitriles is 2. The molecule has 4 fully saturated rings. The number of alkyl halides is 4. The van der Waals surface area contributed by atoms with Gasteiger partial charge in [-0.05, 0) is 68.2 Å². The van der Waals surface area contributed by atoms with Crippen LogP contribution in [0.2, 0.25) is 0 Å². The third-order valence-corrected chi connectivity index (χ3v) is 19.1. The lowest BCUT2D eigenvalue weighted by molar-refractivity contribution is -0.134. The largest absolute Gasteiger partial charge is 0.370 e. The predicted molar refractivity (Wildman–Crippen MR) is 252 cm³/mol. The van der Waals surface area contributed by atoms with E-state index in [1.807, 2.05) is 18.2 Å². The van der Waals surface area contributed by atoms with Crippen LogP contribution in [0.25, 0.3) is 34.4 Å². The van der Waals surface area contributed by atoms with Gasteiger partial charge in [0.1, 0.15) is 21.3 Å². The summed E-state index contributed by atoms with van der Waals surface area (Å²) in [5.41, 5.74) is 15.1. The van der Waals surface area contributed by atoms with Crippen LogP contribution in [0.3, 0.4) is 0 Å². The minimum Gasteiger partial charge on any atom is -0.370 e. The fraction of sp³-hybridized carbons (Fsp3) is 0.408. The van der Waals surface area contributed by atoms with Gasteiger partial charge < -0.3 is 11.5 Å². The summed E-state index contributed by atoms with van der Waals surface area (Å²) in [6, 6.07) is 20.3. The number of fused-ring (bicyclic) bond motifs is 2. The summed E-state index contributed by atoms with van der Waals surface area (Å²) >= 11 is 0. The molecule has 0 bridgehead atoms. The monoisotopic (exact) mass is 1000 g/mol. The molecule has 70 heavy (non-hydrogen) atoms. The van der Waals surface area contributed by atoms with Gasteiger partial charge in [-0.2, -0.15) is 10.5 Å². The molecule has 2 saturated carbocycles. The van der Waals surface area contributed by atoms with E-state index in [2.05, 4.69) is 30.5 Å². The van der Waals surface area contributed by atoms with E-state index in [1.54, 1.807) is 99.1 Å². The van der Waals surface area contributed by atoms with Crippen LogP contribution < -0.4 is 20.9 Å². The number of aromatic nitrogens is 3. The molecule has 1 aromatic carbocycles. The van der Waals surface area contributed by atoms with E-state index in [4.69, 9.17) is 11.5 Å². The van der Waals surface area contributed by atoms with Crippen LogP contribution in [0.15, 0.2) is 91.4 Å². The maximum absolute atomic E-state index is 15.2. The lowest BCUT2D eigenvalue weighted by Gasteiger charge is -2.48. The number of sulfonamides is 2. The molecule has 2 aliphatic carbocycles. The van der Waals surface area contributed by atoms with E-state index >= 15 is 17.6 Å². The van der Waals surface area contributed by atoms with Gasteiger partial charge in [-0.1, -0.05) is 56.3 Å². The topological polar surface area (TPSA) is 265 Å². The molecule has 21 heteroatoms. The number of rotatable bonds is 10. The molecule has 368 valence electrons. The zero-order valence-electron chi connectivity index (χ0n) is 38.4. The Balaban J connectivity index is 0.000000206. The first-order valence-corrected chi connectivity index (χ1v) is 25.3. The molecule has 5 heterocycles. The predicted octanol–water partition coefficient (Wildman–Crippen LogP) is 6.35. The van der Waals surface area contributed by atoms with Gasteiger partial charge in [0.2, 0.25) is 31.9 Å². The summed E-state index contributed by atoms with van der Waals surface area (Å²) in [6.07, 6.45) is 7.70. The minimum atomic E-state index is -4.22. The summed E-state index contributed by atoms with van der Waals surface area (Å²) in [4.78, 5) is 36.4. The second-order valence-electron chi connectivity index (χ2n) is 18.7. The molecule has 2 amide bonds. The third kappa shape index (κ3) is 9.35. The van der Waals surface area contributed by atoms with Crippen LogP contribution in [0.5, 0.6) is 0 Å². The average molecular weight is 1000 g/mol. The van der Waals surface area contributed by atoms with Crippen molar-refractivity contribution in [3.8, 4) is 34.4 Å². The van der Waals surface area contributed by atoms with Crippen molar-refractivity contribution in [2.75, 3.05) is 0 Å². The van der Waals surface area contributed by atoms with E-state index < -0.39 is 126 Å². The van der Waals surface area contributed by atoms with E-state index in [1.165, 1.54) is 20.0 Å². The zero-order valence-corrected chi connectivity index (χ0v) is 40.1. The van der Waals surface area contributed by atoms with Gasteiger partial charge in [-0.15, -0.1) is 0 Å². The molecule has 6 N–H and O–H groups in total. The second kappa shape index (κ2) is 19.1. The SMILES string of the molecule is C[C@H]1NS(=O)(=O)[C@]2(CC(N)=O)CC(F)(F)[C@@H](C)[C@H](/C=C/c3ccc(-c4ccccc4C#N)cn3)[C@H]12.C[C@H]1NS(=O)(=O)[C@]2(CC(N)=O)CC(F)(F)[C@@H](C)[C@H](/C=C/c3ccc(-c4cccnc4C#N)cn3)[C@H]12. The number of carbonyl (C=O) groups excluding carboxylic acids is 2. The highest BCUT2D eigenvalue weighted by Crippen LogP contribution is 2.59. The Morgan fingerprint density at radius 2 is 1.11 bits per heavy atom. The Morgan fingerprint density at radius 3 is 1.53 bits per heavy atom. The lowest BCUT2D eigenvalue weighted by Crippen LogP contribution is -2.58. The first-order chi connectivity index (χ1) is 32.8. The number of nitrogens with two attached hydrogens (primary N) is 2. The van der Waals surface area contributed by atoms with Crippen LogP contribution >= 0.6 is 0 Å². The number of pyridine rings is 3. The Hall–Kier alpha value is -6.39. The van der Waals surface area contributed by atoms with Gasteiger partial charge in [-0.25, -0.2) is 48.8 Å². The minimum absolute atomic E-state index is 0.255. The molecule has 10 atom stereocenters. The van der Waals surface area contributed by atoms with Crippen LogP contribution in [-0.4, -0.2) is 77.0 Å². The highest BCUT2D eigenvalue weighted by Gasteiger charge is 2.71. The Bertz CT molecular complexity index is 2850. The number of allylic oxidation sites excluding steroid dienone is 2. The van der Waals surface area contributed by atoms with Crippen LogP contribution in [0, 0.1) is 58.2 Å². The highest BCUT2D eigenvalue weighted by molar-refractivity contribution is 7.91. The molecule has 0 unspecified atom stereocenters. The van der Waals surface area contributed by atoms with E-state index in [9.17, 15) is 36.9 Å². The number of carbonyl (C=O) groups is 2. The molecule has 4 aliphatic rings. The Labute approximate surface area is 403 Å². The smallest absolute Gasteiger partial charge is 0.252 e. The molecular weight excluding hydrogens is 951 g/mol. The summed E-state index contributed by atoms with van der Waals surface area (Å²) in [7, 11) is -8.43. The van der Waals surface area contributed by atoms with E-state index in [0.29, 0.717) is 28.1 Å². The second-order valence-corrected chi connectivity index (χ2v) is 22.8. The quantitative estimate of drug-likeness (QED) is 0.127. The number of primary amides is 2. The van der Waals surface area contributed by atoms with Gasteiger partial charge in [0.25, 0.3) is 11.8 Å². The van der Waals surface area contributed by atoms with Crippen molar-refractivity contribution in [2.45, 2.75) is 86.8 Å². The van der Waals surface area contributed by atoms with Crippen molar-refractivity contribution in [1.29, 1.82) is 10.5 Å². The van der Waals surface area contributed by atoms with Gasteiger partial charge in [0.15, 0.2) is 0 Å². The number of nitrogens with zero attached hydrogens (tertiary/aromatic N) is 5. The number of halogens is 4. The molecule has 4 aromatic rings. The van der Waals surface area contributed by atoms with Crippen molar-refractivity contribution < 1.29 is 44.0 Å². The summed E-state index contributed by atoms with van der Waals surface area (Å²) < 4.78 is 114. The molecular formula is C49H51F4N9O6S2.